The summed E-state index contributed by atoms with van der Waals surface area (Å²) in [7, 11) is 1.32. The van der Waals surface area contributed by atoms with Crippen molar-refractivity contribution < 1.29 is 14.3 Å². The van der Waals surface area contributed by atoms with Crippen molar-refractivity contribution in [3.05, 3.63) is 0 Å². The Morgan fingerprint density at radius 2 is 2.17 bits per heavy atom. The lowest BCUT2D eigenvalue weighted by molar-refractivity contribution is -0.140. The zero-order valence-corrected chi connectivity index (χ0v) is 7.29. The first kappa shape index (κ1) is 10.9. The van der Waals surface area contributed by atoms with Gasteiger partial charge in [-0.15, -0.1) is 0 Å². The standard InChI is InChI=1S/C7H14N2O3/c1-5(7(8)11)9-4-3-6(10)12-2/h5,9H,3-4H2,1-2H3,(H2,8,11). The Bertz CT molecular complexity index is 170. The van der Waals surface area contributed by atoms with Crippen molar-refractivity contribution in [1.82, 2.24) is 5.32 Å². The highest BCUT2D eigenvalue weighted by molar-refractivity contribution is 5.79. The van der Waals surface area contributed by atoms with Crippen LogP contribution in [0.5, 0.6) is 0 Å². The van der Waals surface area contributed by atoms with Crippen LogP contribution in [0.25, 0.3) is 0 Å². The largest absolute Gasteiger partial charge is 0.469 e. The molecule has 0 spiro atoms. The molecule has 5 nitrogen and oxygen atoms in total. The molecule has 3 N–H and O–H groups in total. The van der Waals surface area contributed by atoms with Gasteiger partial charge in [0.05, 0.1) is 19.6 Å². The lowest BCUT2D eigenvalue weighted by atomic mass is 10.3. The molecule has 0 radical (unpaired) electrons. The normalized spacial score (nSPS) is 12.2. The molecule has 0 bridgehead atoms. The number of rotatable bonds is 5. The van der Waals surface area contributed by atoms with Crippen LogP contribution in [0.3, 0.4) is 0 Å². The molecule has 0 aromatic heterocycles. The lowest BCUT2D eigenvalue weighted by Crippen LogP contribution is -2.39. The van der Waals surface area contributed by atoms with E-state index in [1.807, 2.05) is 0 Å². The molecule has 5 heteroatoms. The number of esters is 1. The smallest absolute Gasteiger partial charge is 0.306 e. The summed E-state index contributed by atoms with van der Waals surface area (Å²) in [4.78, 5) is 21.1. The van der Waals surface area contributed by atoms with Crippen LogP contribution in [-0.4, -0.2) is 31.6 Å². The Hall–Kier alpha value is -1.10. The minimum atomic E-state index is -0.431. The fourth-order valence-electron chi connectivity index (χ4n) is 0.593. The van der Waals surface area contributed by atoms with E-state index in [4.69, 9.17) is 5.73 Å². The van der Waals surface area contributed by atoms with Gasteiger partial charge in [-0.2, -0.15) is 0 Å². The van der Waals surface area contributed by atoms with Crippen molar-refractivity contribution in [2.75, 3.05) is 13.7 Å². The molecule has 12 heavy (non-hydrogen) atoms. The van der Waals surface area contributed by atoms with E-state index in [1.165, 1.54) is 7.11 Å². The summed E-state index contributed by atoms with van der Waals surface area (Å²) in [5, 5.41) is 2.77. The Labute approximate surface area is 71.3 Å². The first-order valence-electron chi connectivity index (χ1n) is 3.67. The van der Waals surface area contributed by atoms with Gasteiger partial charge in [-0.05, 0) is 6.92 Å². The molecule has 0 saturated heterocycles. The van der Waals surface area contributed by atoms with Gasteiger partial charge < -0.3 is 15.8 Å². The molecule has 0 aliphatic heterocycles. The second-order valence-electron chi connectivity index (χ2n) is 2.40. The second kappa shape index (κ2) is 5.54. The topological polar surface area (TPSA) is 81.4 Å². The summed E-state index contributed by atoms with van der Waals surface area (Å²) < 4.78 is 4.40. The average molecular weight is 174 g/mol. The summed E-state index contributed by atoms with van der Waals surface area (Å²) in [5.74, 6) is -0.737. The van der Waals surface area contributed by atoms with Gasteiger partial charge in [0.2, 0.25) is 5.91 Å². The number of nitrogens with one attached hydrogen (secondary N) is 1. The van der Waals surface area contributed by atoms with Gasteiger partial charge in [0.25, 0.3) is 0 Å². The molecule has 0 aromatic rings. The number of hydrogen-bond donors (Lipinski definition) is 2. The van der Waals surface area contributed by atoms with Gasteiger partial charge in [-0.1, -0.05) is 0 Å². The molecule has 0 rings (SSSR count). The maximum absolute atomic E-state index is 10.6. The molecule has 0 heterocycles. The van der Waals surface area contributed by atoms with Gasteiger partial charge in [0.1, 0.15) is 0 Å². The van der Waals surface area contributed by atoms with Crippen LogP contribution in [0.4, 0.5) is 0 Å². The molecule has 0 aliphatic rings. The molecular weight excluding hydrogens is 160 g/mol. The number of hydrogen-bond acceptors (Lipinski definition) is 4. The highest BCUT2D eigenvalue weighted by atomic mass is 16.5. The molecule has 0 aromatic carbocycles. The summed E-state index contributed by atoms with van der Waals surface area (Å²) in [5.41, 5.74) is 4.97. The second-order valence-corrected chi connectivity index (χ2v) is 2.40. The number of methoxy groups -OCH3 is 1. The molecule has 70 valence electrons. The molecule has 1 unspecified atom stereocenters. The minimum absolute atomic E-state index is 0.244. The van der Waals surface area contributed by atoms with Gasteiger partial charge in [-0.25, -0.2) is 0 Å². The fourth-order valence-corrected chi connectivity index (χ4v) is 0.593. The van der Waals surface area contributed by atoms with Crippen LogP contribution in [0, 0.1) is 0 Å². The van der Waals surface area contributed by atoms with Crippen molar-refractivity contribution in [1.29, 1.82) is 0 Å². The number of ether oxygens (including phenoxy) is 1. The Morgan fingerprint density at radius 1 is 1.58 bits per heavy atom. The predicted octanol–water partition coefficient (Wildman–Crippen LogP) is -0.987. The van der Waals surface area contributed by atoms with E-state index in [0.29, 0.717) is 6.54 Å². The minimum Gasteiger partial charge on any atom is -0.469 e. The van der Waals surface area contributed by atoms with Gasteiger partial charge >= 0.3 is 5.97 Å². The number of primary amides is 1. The van der Waals surface area contributed by atoms with Crippen LogP contribution in [0.2, 0.25) is 0 Å². The van der Waals surface area contributed by atoms with Crippen molar-refractivity contribution >= 4 is 11.9 Å². The third kappa shape index (κ3) is 4.68. The third-order valence-corrected chi connectivity index (χ3v) is 1.43. The van der Waals surface area contributed by atoms with E-state index in [2.05, 4.69) is 10.1 Å². The molecule has 1 atom stereocenters. The lowest BCUT2D eigenvalue weighted by Gasteiger charge is -2.08. The Kier molecular flexibility index (Phi) is 5.03. The van der Waals surface area contributed by atoms with Crippen molar-refractivity contribution in [2.24, 2.45) is 5.73 Å². The highest BCUT2D eigenvalue weighted by Gasteiger charge is 2.07. The Balaban J connectivity index is 3.43. The molecular formula is C7H14N2O3. The SMILES string of the molecule is COC(=O)CCNC(C)C(N)=O. The highest BCUT2D eigenvalue weighted by Crippen LogP contribution is 1.84. The predicted molar refractivity (Wildman–Crippen MR) is 43.3 cm³/mol. The monoisotopic (exact) mass is 174 g/mol. The summed E-state index contributed by atoms with van der Waals surface area (Å²) >= 11 is 0. The van der Waals surface area contributed by atoms with E-state index in [-0.39, 0.29) is 12.4 Å². The van der Waals surface area contributed by atoms with Gasteiger partial charge in [-0.3, -0.25) is 9.59 Å². The first-order valence-corrected chi connectivity index (χ1v) is 3.67. The third-order valence-electron chi connectivity index (χ3n) is 1.43. The van der Waals surface area contributed by atoms with Crippen molar-refractivity contribution in [2.45, 2.75) is 19.4 Å². The van der Waals surface area contributed by atoms with Crippen LogP contribution in [0.15, 0.2) is 0 Å². The van der Waals surface area contributed by atoms with Crippen LogP contribution < -0.4 is 11.1 Å². The quantitative estimate of drug-likeness (QED) is 0.524. The number of carbonyl (C=O) groups is 2. The summed E-state index contributed by atoms with van der Waals surface area (Å²) in [6, 6.07) is -0.408. The van der Waals surface area contributed by atoms with Crippen molar-refractivity contribution in [3.63, 3.8) is 0 Å². The number of amides is 1. The van der Waals surface area contributed by atoms with Gasteiger partial charge in [0, 0.05) is 6.54 Å². The maximum Gasteiger partial charge on any atom is 0.306 e. The zero-order chi connectivity index (χ0) is 9.56. The van der Waals surface area contributed by atoms with Crippen LogP contribution in [-0.2, 0) is 14.3 Å². The zero-order valence-electron chi connectivity index (χ0n) is 7.29. The van der Waals surface area contributed by atoms with E-state index < -0.39 is 11.9 Å². The summed E-state index contributed by atoms with van der Waals surface area (Å²) in [6.45, 7) is 2.04. The maximum atomic E-state index is 10.6. The fraction of sp³-hybridized carbons (Fsp3) is 0.714. The van der Waals surface area contributed by atoms with E-state index in [9.17, 15) is 9.59 Å². The van der Waals surface area contributed by atoms with E-state index >= 15 is 0 Å². The molecule has 0 saturated carbocycles. The van der Waals surface area contributed by atoms with E-state index in [0.717, 1.165) is 0 Å². The summed E-state index contributed by atoms with van der Waals surface area (Å²) in [6.07, 6.45) is 0.244. The number of carbonyl (C=O) groups excluding carboxylic acids is 2. The average Bonchev–Trinajstić information content (AvgIpc) is 2.03. The number of nitrogens with two attached hydrogens (primary N) is 1. The van der Waals surface area contributed by atoms with Crippen LogP contribution in [0.1, 0.15) is 13.3 Å². The molecule has 0 fully saturated rings. The first-order chi connectivity index (χ1) is 5.57. The van der Waals surface area contributed by atoms with Gasteiger partial charge in [0.15, 0.2) is 0 Å². The van der Waals surface area contributed by atoms with Crippen molar-refractivity contribution in [3.8, 4) is 0 Å². The van der Waals surface area contributed by atoms with Crippen LogP contribution >= 0.6 is 0 Å². The van der Waals surface area contributed by atoms with E-state index in [1.54, 1.807) is 6.92 Å². The Morgan fingerprint density at radius 3 is 2.58 bits per heavy atom. The molecule has 1 amide bonds. The molecule has 0 aliphatic carbocycles.